The minimum absolute atomic E-state index is 0.182. The summed E-state index contributed by atoms with van der Waals surface area (Å²) < 4.78 is 11.5. The van der Waals surface area contributed by atoms with E-state index < -0.39 is 13.9 Å². The Labute approximate surface area is 148 Å². The molecule has 0 unspecified atom stereocenters. The first kappa shape index (κ1) is 20.5. The summed E-state index contributed by atoms with van der Waals surface area (Å²) in [5.41, 5.74) is 0.682. The molecule has 0 N–H and O–H groups in total. The molecule has 24 heavy (non-hydrogen) atoms. The molecule has 0 radical (unpaired) electrons. The number of rotatable bonds is 5. The van der Waals surface area contributed by atoms with Crippen LogP contribution in [0.4, 0.5) is 0 Å². The molecule has 0 heterocycles. The van der Waals surface area contributed by atoms with Gasteiger partial charge in [0.2, 0.25) is 8.32 Å². The second-order valence-electron chi connectivity index (χ2n) is 8.65. The van der Waals surface area contributed by atoms with E-state index in [9.17, 15) is 4.79 Å². The molecule has 0 aliphatic carbocycles. The summed E-state index contributed by atoms with van der Waals surface area (Å²) in [6.07, 6.45) is 4.02. The van der Waals surface area contributed by atoms with Crippen LogP contribution in [0.1, 0.15) is 47.1 Å². The van der Waals surface area contributed by atoms with Crippen LogP contribution in [0.15, 0.2) is 36.4 Å². The lowest BCUT2D eigenvalue weighted by Crippen LogP contribution is -2.43. The molecule has 1 aromatic rings. The highest BCUT2D eigenvalue weighted by Crippen LogP contribution is 2.37. The van der Waals surface area contributed by atoms with Crippen molar-refractivity contribution in [2.24, 2.45) is 0 Å². The summed E-state index contributed by atoms with van der Waals surface area (Å²) in [6.45, 7) is 16.8. The number of ether oxygens (including phenoxy) is 1. The first-order valence-electron chi connectivity index (χ1n) is 8.48. The third-order valence-electron chi connectivity index (χ3n) is 4.12. The van der Waals surface area contributed by atoms with E-state index >= 15 is 0 Å². The molecule has 0 aliphatic heterocycles. The molecule has 0 fully saturated rings. The van der Waals surface area contributed by atoms with Crippen LogP contribution >= 0.6 is 0 Å². The minimum atomic E-state index is -1.80. The fourth-order valence-electron chi connectivity index (χ4n) is 1.77. The van der Waals surface area contributed by atoms with Gasteiger partial charge in [0.15, 0.2) is 0 Å². The maximum atomic E-state index is 11.6. The van der Waals surface area contributed by atoms with Crippen molar-refractivity contribution < 1.29 is 14.0 Å². The van der Waals surface area contributed by atoms with Crippen LogP contribution in [-0.4, -0.2) is 19.9 Å². The van der Waals surface area contributed by atoms with Gasteiger partial charge in [-0.05, 0) is 63.0 Å². The Balaban J connectivity index is 2.61. The van der Waals surface area contributed by atoms with Gasteiger partial charge in [-0.15, -0.1) is 0 Å². The third kappa shape index (κ3) is 6.91. The van der Waals surface area contributed by atoms with Gasteiger partial charge in [-0.3, -0.25) is 0 Å². The second-order valence-corrected chi connectivity index (χ2v) is 13.4. The summed E-state index contributed by atoms with van der Waals surface area (Å²) in [6, 6.07) is 8.11. The fourth-order valence-corrected chi connectivity index (χ4v) is 2.80. The van der Waals surface area contributed by atoms with Gasteiger partial charge < -0.3 is 9.16 Å². The molecule has 4 heteroatoms. The van der Waals surface area contributed by atoms with Gasteiger partial charge in [-0.1, -0.05) is 39.0 Å². The summed E-state index contributed by atoms with van der Waals surface area (Å²) in [5, 5.41) is 0.182. The number of carbonyl (C=O) groups excluding carboxylic acids is 1. The Hall–Kier alpha value is -1.55. The van der Waals surface area contributed by atoms with Crippen LogP contribution in [0.3, 0.4) is 0 Å². The van der Waals surface area contributed by atoms with Crippen LogP contribution in [-0.2, 0) is 16.0 Å². The number of esters is 1. The zero-order valence-electron chi connectivity index (χ0n) is 16.4. The third-order valence-corrected chi connectivity index (χ3v) is 8.48. The Kier molecular flexibility index (Phi) is 6.45. The second kappa shape index (κ2) is 7.56. The molecule has 0 saturated heterocycles. The van der Waals surface area contributed by atoms with Crippen molar-refractivity contribution in [1.29, 1.82) is 0 Å². The van der Waals surface area contributed by atoms with Gasteiger partial charge in [0.25, 0.3) is 0 Å². The summed E-state index contributed by atoms with van der Waals surface area (Å²) in [4.78, 5) is 11.6. The molecular formula is C20H32O3Si. The van der Waals surface area contributed by atoms with Crippen molar-refractivity contribution in [2.75, 3.05) is 0 Å². The minimum Gasteiger partial charge on any atom is -0.544 e. The van der Waals surface area contributed by atoms with Gasteiger partial charge in [-0.2, -0.15) is 0 Å². The number of hydrogen-bond donors (Lipinski definition) is 0. The van der Waals surface area contributed by atoms with Gasteiger partial charge >= 0.3 is 5.97 Å². The highest BCUT2D eigenvalue weighted by Gasteiger charge is 2.38. The molecule has 0 saturated carbocycles. The molecule has 0 aliphatic rings. The van der Waals surface area contributed by atoms with E-state index in [4.69, 9.17) is 9.16 Å². The van der Waals surface area contributed by atoms with Crippen LogP contribution in [0.2, 0.25) is 18.1 Å². The molecule has 0 aromatic heterocycles. The summed E-state index contributed by atoms with van der Waals surface area (Å²) in [7, 11) is -1.80. The lowest BCUT2D eigenvalue weighted by atomic mass is 10.1. The van der Waals surface area contributed by atoms with E-state index in [1.165, 1.54) is 6.08 Å². The Morgan fingerprint density at radius 2 is 1.58 bits per heavy atom. The average molecular weight is 349 g/mol. The van der Waals surface area contributed by atoms with E-state index in [2.05, 4.69) is 33.9 Å². The number of hydrogen-bond acceptors (Lipinski definition) is 3. The van der Waals surface area contributed by atoms with Gasteiger partial charge in [0.05, 0.1) is 0 Å². The van der Waals surface area contributed by atoms with E-state index in [1.54, 1.807) is 0 Å². The normalized spacial score (nSPS) is 13.2. The van der Waals surface area contributed by atoms with E-state index in [0.29, 0.717) is 6.42 Å². The fraction of sp³-hybridized carbons (Fsp3) is 0.550. The highest BCUT2D eigenvalue weighted by molar-refractivity contribution is 6.74. The molecule has 0 amide bonds. The Morgan fingerprint density at radius 3 is 2.04 bits per heavy atom. The predicted octanol–water partition coefficient (Wildman–Crippen LogP) is 5.51. The average Bonchev–Trinajstić information content (AvgIpc) is 2.37. The standard InChI is InChI=1S/C20H32O3Si/c1-19(2,3)22-18(21)11-9-10-16-12-14-17(15-13-16)23-24(7,8)20(4,5)6/h9,11-15H,10H2,1-8H3/b11-9+. The van der Waals surface area contributed by atoms with Crippen molar-refractivity contribution >= 4 is 14.3 Å². The molecule has 0 bridgehead atoms. The quantitative estimate of drug-likeness (QED) is 0.400. The highest BCUT2D eigenvalue weighted by atomic mass is 28.4. The Bertz CT molecular complexity index is 572. The van der Waals surface area contributed by atoms with Crippen LogP contribution < -0.4 is 4.43 Å². The smallest absolute Gasteiger partial charge is 0.330 e. The van der Waals surface area contributed by atoms with Crippen molar-refractivity contribution in [3.63, 3.8) is 0 Å². The first-order chi connectivity index (χ1) is 10.8. The molecule has 1 rings (SSSR count). The zero-order chi connectivity index (χ0) is 18.6. The number of allylic oxidation sites excluding steroid dienone is 1. The van der Waals surface area contributed by atoms with Gasteiger partial charge in [0, 0.05) is 6.08 Å². The van der Waals surface area contributed by atoms with Crippen molar-refractivity contribution in [2.45, 2.75) is 71.7 Å². The van der Waals surface area contributed by atoms with Crippen LogP contribution in [0.25, 0.3) is 0 Å². The van der Waals surface area contributed by atoms with Crippen molar-refractivity contribution in [3.05, 3.63) is 42.0 Å². The molecular weight excluding hydrogens is 316 g/mol. The van der Waals surface area contributed by atoms with Gasteiger partial charge in [0.1, 0.15) is 11.4 Å². The molecule has 3 nitrogen and oxygen atoms in total. The van der Waals surface area contributed by atoms with Gasteiger partial charge in [-0.25, -0.2) is 4.79 Å². The summed E-state index contributed by atoms with van der Waals surface area (Å²) in [5.74, 6) is 0.613. The first-order valence-corrected chi connectivity index (χ1v) is 11.4. The lowest BCUT2D eigenvalue weighted by molar-refractivity contribution is -0.148. The monoisotopic (exact) mass is 348 g/mol. The molecule has 0 atom stereocenters. The van der Waals surface area contributed by atoms with Crippen LogP contribution in [0.5, 0.6) is 5.75 Å². The topological polar surface area (TPSA) is 35.5 Å². The Morgan fingerprint density at radius 1 is 1.04 bits per heavy atom. The summed E-state index contributed by atoms with van der Waals surface area (Å²) >= 11 is 0. The van der Waals surface area contributed by atoms with Crippen molar-refractivity contribution in [1.82, 2.24) is 0 Å². The van der Waals surface area contributed by atoms with Crippen molar-refractivity contribution in [3.8, 4) is 5.75 Å². The van der Waals surface area contributed by atoms with E-state index in [-0.39, 0.29) is 11.0 Å². The SMILES string of the molecule is CC(C)(C)OC(=O)/C=C/Cc1ccc(O[Si](C)(C)C(C)(C)C)cc1. The maximum absolute atomic E-state index is 11.6. The lowest BCUT2D eigenvalue weighted by Gasteiger charge is -2.36. The predicted molar refractivity (Wildman–Crippen MR) is 103 cm³/mol. The van der Waals surface area contributed by atoms with E-state index in [0.717, 1.165) is 11.3 Å². The number of benzene rings is 1. The molecule has 0 spiro atoms. The van der Waals surface area contributed by atoms with Crippen LogP contribution in [0, 0.1) is 0 Å². The zero-order valence-corrected chi connectivity index (χ0v) is 17.4. The maximum Gasteiger partial charge on any atom is 0.330 e. The largest absolute Gasteiger partial charge is 0.544 e. The molecule has 134 valence electrons. The molecule has 1 aromatic carbocycles. The van der Waals surface area contributed by atoms with E-state index in [1.807, 2.05) is 51.1 Å². The number of carbonyl (C=O) groups is 1.